The molecule has 0 bridgehead atoms. The second kappa shape index (κ2) is 6.85. The van der Waals surface area contributed by atoms with Crippen LogP contribution in [0.4, 0.5) is 5.69 Å². The van der Waals surface area contributed by atoms with E-state index in [1.807, 2.05) is 30.3 Å². The zero-order valence-electron chi connectivity index (χ0n) is 11.4. The van der Waals surface area contributed by atoms with Crippen LogP contribution < -0.4 is 15.2 Å². The maximum absolute atomic E-state index is 5.28. The van der Waals surface area contributed by atoms with E-state index in [0.717, 1.165) is 17.8 Å². The fourth-order valence-corrected chi connectivity index (χ4v) is 4.47. The molecule has 0 saturated heterocycles. The van der Waals surface area contributed by atoms with Crippen LogP contribution in [0.2, 0.25) is 5.32 Å². The molecule has 0 fully saturated rings. The number of anilines is 1. The number of nitrogens with zero attached hydrogens (tertiary/aromatic N) is 1. The number of nitrogens with one attached hydrogen (secondary N) is 2. The zero-order chi connectivity index (χ0) is 14.5. The molecule has 1 heterocycles. The molecule has 3 rings (SSSR count). The molecule has 0 unspecified atom stereocenters. The number of benzene rings is 2. The number of hydrazone groups is 1. The van der Waals surface area contributed by atoms with Crippen molar-refractivity contribution in [3.8, 4) is 0 Å². The molecule has 0 saturated carbocycles. The van der Waals surface area contributed by atoms with Gasteiger partial charge in [0.15, 0.2) is 0 Å². The Labute approximate surface area is 136 Å². The van der Waals surface area contributed by atoms with E-state index >= 15 is 0 Å². The second-order valence-electron chi connectivity index (χ2n) is 4.59. The fourth-order valence-electron chi connectivity index (χ4n) is 2.14. The number of para-hydroxylation sites is 1. The van der Waals surface area contributed by atoms with Gasteiger partial charge in [0.2, 0.25) is 0 Å². The molecule has 106 valence electrons. The van der Waals surface area contributed by atoms with Gasteiger partial charge in [-0.15, -0.1) is 0 Å². The first-order valence-electron chi connectivity index (χ1n) is 6.74. The summed E-state index contributed by atoms with van der Waals surface area (Å²) < 4.78 is 1.43. The van der Waals surface area contributed by atoms with E-state index in [0.29, 0.717) is 20.1 Å². The molecule has 2 aromatic rings. The van der Waals surface area contributed by atoms with Crippen LogP contribution in [-0.4, -0.2) is 25.8 Å². The number of hydrogen-bond donors (Lipinski definition) is 2. The summed E-state index contributed by atoms with van der Waals surface area (Å²) in [5.74, 6) is 0. The quantitative estimate of drug-likeness (QED) is 0.491. The Morgan fingerprint density at radius 3 is 2.67 bits per heavy atom. The first kappa shape index (κ1) is 14.3. The van der Waals surface area contributed by atoms with Crippen molar-refractivity contribution in [3.63, 3.8) is 0 Å². The maximum atomic E-state index is 5.28. The topological polar surface area (TPSA) is 36.4 Å². The summed E-state index contributed by atoms with van der Waals surface area (Å²) >= 11 is 5.85. The number of fused-ring (bicyclic) bond motifs is 1. The van der Waals surface area contributed by atoms with Gasteiger partial charge in [-0.05, 0) is 0 Å². The minimum atomic E-state index is 0.516. The first-order chi connectivity index (χ1) is 10.3. The van der Waals surface area contributed by atoms with Crippen LogP contribution in [0, 0.1) is 0 Å². The monoisotopic (exact) mass is 361 g/mol. The standard InChI is InChI=1S/C16H15N3SSe/c20-16(17-12-6-2-1-3-7-12)19-18-14-10-11-21-15-9-5-4-8-13(14)15/h1-9H,10-11H2,(H2,17,19,20)/b18-14+. The van der Waals surface area contributed by atoms with Crippen LogP contribution in [0.5, 0.6) is 0 Å². The molecule has 0 aromatic heterocycles. The fraction of sp³-hybridized carbons (Fsp3) is 0.125. The average molecular weight is 360 g/mol. The molecule has 0 atom stereocenters. The Bertz CT molecular complexity index is 670. The third kappa shape index (κ3) is 3.70. The number of hydrogen-bond acceptors (Lipinski definition) is 2. The van der Waals surface area contributed by atoms with Gasteiger partial charge in [0, 0.05) is 0 Å². The Balaban J connectivity index is 1.68. The number of rotatable bonds is 2. The van der Waals surface area contributed by atoms with Crippen molar-refractivity contribution < 1.29 is 0 Å². The van der Waals surface area contributed by atoms with Crippen molar-refractivity contribution >= 4 is 48.1 Å². The third-order valence-corrected chi connectivity index (χ3v) is 5.57. The molecule has 0 aliphatic carbocycles. The van der Waals surface area contributed by atoms with Gasteiger partial charge in [-0.2, -0.15) is 0 Å². The van der Waals surface area contributed by atoms with Crippen LogP contribution in [0.15, 0.2) is 59.7 Å². The van der Waals surface area contributed by atoms with Gasteiger partial charge in [-0.25, -0.2) is 0 Å². The van der Waals surface area contributed by atoms with E-state index in [1.165, 1.54) is 15.3 Å². The summed E-state index contributed by atoms with van der Waals surface area (Å²) in [4.78, 5) is 0. The molecule has 2 aromatic carbocycles. The summed E-state index contributed by atoms with van der Waals surface area (Å²) in [6.07, 6.45) is 1.01. The summed E-state index contributed by atoms with van der Waals surface area (Å²) in [5.41, 5.74) is 6.27. The Morgan fingerprint density at radius 2 is 1.81 bits per heavy atom. The third-order valence-electron chi connectivity index (χ3n) is 3.12. The van der Waals surface area contributed by atoms with E-state index in [2.05, 4.69) is 40.1 Å². The molecule has 0 radical (unpaired) electrons. The molecule has 5 heteroatoms. The van der Waals surface area contributed by atoms with Gasteiger partial charge in [0.1, 0.15) is 0 Å². The Hall–Kier alpha value is -1.68. The van der Waals surface area contributed by atoms with Crippen molar-refractivity contribution in [1.29, 1.82) is 0 Å². The van der Waals surface area contributed by atoms with E-state index in [-0.39, 0.29) is 0 Å². The van der Waals surface area contributed by atoms with Crippen LogP contribution in [0.1, 0.15) is 12.0 Å². The van der Waals surface area contributed by atoms with Gasteiger partial charge in [0.05, 0.1) is 0 Å². The van der Waals surface area contributed by atoms with E-state index in [9.17, 15) is 0 Å². The van der Waals surface area contributed by atoms with Gasteiger partial charge in [-0.1, -0.05) is 0 Å². The SMILES string of the molecule is S=C(N/N=C1\CC[Se]c2ccccc21)Nc1ccccc1. The molecular weight excluding hydrogens is 345 g/mol. The van der Waals surface area contributed by atoms with Gasteiger partial charge in [0.25, 0.3) is 0 Å². The zero-order valence-corrected chi connectivity index (χ0v) is 13.9. The molecule has 3 nitrogen and oxygen atoms in total. The summed E-state index contributed by atoms with van der Waals surface area (Å²) in [7, 11) is 0. The number of thiocarbonyl (C=S) groups is 1. The van der Waals surface area contributed by atoms with Gasteiger partial charge >= 0.3 is 136 Å². The minimum absolute atomic E-state index is 0.516. The molecule has 0 spiro atoms. The van der Waals surface area contributed by atoms with Crippen molar-refractivity contribution in [2.75, 3.05) is 5.32 Å². The average Bonchev–Trinajstić information content (AvgIpc) is 2.54. The van der Waals surface area contributed by atoms with Crippen LogP contribution >= 0.6 is 12.2 Å². The van der Waals surface area contributed by atoms with Gasteiger partial charge in [-0.3, -0.25) is 0 Å². The van der Waals surface area contributed by atoms with Crippen molar-refractivity contribution in [2.45, 2.75) is 11.7 Å². The van der Waals surface area contributed by atoms with Crippen molar-refractivity contribution in [1.82, 2.24) is 5.43 Å². The normalized spacial score (nSPS) is 15.3. The Morgan fingerprint density at radius 1 is 1.05 bits per heavy atom. The summed E-state index contributed by atoms with van der Waals surface area (Å²) in [6, 6.07) is 18.4. The van der Waals surface area contributed by atoms with E-state index in [1.54, 1.807) is 0 Å². The van der Waals surface area contributed by atoms with E-state index < -0.39 is 0 Å². The molecule has 2 N–H and O–H groups in total. The molecule has 1 aliphatic heterocycles. The summed E-state index contributed by atoms with van der Waals surface area (Å²) in [5, 5.41) is 9.33. The second-order valence-corrected chi connectivity index (χ2v) is 7.38. The van der Waals surface area contributed by atoms with E-state index in [4.69, 9.17) is 12.2 Å². The molecule has 0 amide bonds. The Kier molecular flexibility index (Phi) is 4.65. The van der Waals surface area contributed by atoms with Crippen LogP contribution in [0.25, 0.3) is 0 Å². The van der Waals surface area contributed by atoms with Crippen LogP contribution in [-0.2, 0) is 0 Å². The van der Waals surface area contributed by atoms with Crippen LogP contribution in [0.3, 0.4) is 0 Å². The molecular formula is C16H15N3SSe. The predicted molar refractivity (Wildman–Crippen MR) is 93.6 cm³/mol. The molecule has 1 aliphatic rings. The van der Waals surface area contributed by atoms with Crippen molar-refractivity contribution in [3.05, 3.63) is 60.2 Å². The van der Waals surface area contributed by atoms with Gasteiger partial charge < -0.3 is 0 Å². The molecule has 21 heavy (non-hydrogen) atoms. The first-order valence-corrected chi connectivity index (χ1v) is 9.21. The summed E-state index contributed by atoms with van der Waals surface area (Å²) in [6.45, 7) is 0. The van der Waals surface area contributed by atoms with Crippen molar-refractivity contribution in [2.24, 2.45) is 5.10 Å². The predicted octanol–water partition coefficient (Wildman–Crippen LogP) is 2.53.